The minimum atomic E-state index is -1.08. The SMILES string of the molecule is CC(CC#N)N(C)c1ccc(C=CC(=O)O)cc1F. The van der Waals surface area contributed by atoms with Crippen molar-refractivity contribution in [2.24, 2.45) is 0 Å². The van der Waals surface area contributed by atoms with Gasteiger partial charge in [0.05, 0.1) is 18.2 Å². The predicted octanol–water partition coefficient (Wildman–Crippen LogP) is 2.66. The quantitative estimate of drug-likeness (QED) is 0.828. The van der Waals surface area contributed by atoms with Crippen LogP contribution in [0.15, 0.2) is 24.3 Å². The largest absolute Gasteiger partial charge is 0.478 e. The Balaban J connectivity index is 2.94. The van der Waals surface area contributed by atoms with E-state index in [0.29, 0.717) is 17.7 Å². The molecule has 100 valence electrons. The van der Waals surface area contributed by atoms with Gasteiger partial charge in [-0.2, -0.15) is 5.26 Å². The minimum Gasteiger partial charge on any atom is -0.478 e. The lowest BCUT2D eigenvalue weighted by molar-refractivity contribution is -0.131. The highest BCUT2D eigenvalue weighted by molar-refractivity contribution is 5.85. The van der Waals surface area contributed by atoms with Crippen molar-refractivity contribution < 1.29 is 14.3 Å². The molecule has 0 heterocycles. The molecule has 0 aromatic heterocycles. The van der Waals surface area contributed by atoms with Crippen molar-refractivity contribution in [3.05, 3.63) is 35.7 Å². The van der Waals surface area contributed by atoms with Crippen LogP contribution in [0.3, 0.4) is 0 Å². The molecule has 0 radical (unpaired) electrons. The van der Waals surface area contributed by atoms with E-state index in [1.165, 1.54) is 12.1 Å². The first-order valence-corrected chi connectivity index (χ1v) is 5.76. The molecule has 4 nitrogen and oxygen atoms in total. The number of nitrogens with zero attached hydrogens (tertiary/aromatic N) is 2. The summed E-state index contributed by atoms with van der Waals surface area (Å²) in [5.74, 6) is -1.52. The third-order valence-corrected chi connectivity index (χ3v) is 2.82. The van der Waals surface area contributed by atoms with Gasteiger partial charge in [0, 0.05) is 19.2 Å². The van der Waals surface area contributed by atoms with Gasteiger partial charge in [0.25, 0.3) is 0 Å². The van der Waals surface area contributed by atoms with E-state index in [9.17, 15) is 9.18 Å². The fourth-order valence-corrected chi connectivity index (χ4v) is 1.59. The number of hydrogen-bond acceptors (Lipinski definition) is 3. The Kier molecular flexibility index (Phi) is 5.07. The van der Waals surface area contributed by atoms with Gasteiger partial charge in [0.1, 0.15) is 5.82 Å². The molecule has 0 amide bonds. The summed E-state index contributed by atoms with van der Waals surface area (Å²) in [6.45, 7) is 1.83. The number of carboxylic acids is 1. The molecule has 0 aliphatic carbocycles. The molecular formula is C14H15FN2O2. The standard InChI is InChI=1S/C14H15FN2O2/c1-10(7-8-16)17(2)13-5-3-11(9-12(13)15)4-6-14(18)19/h3-6,9-10H,7H2,1-2H3,(H,18,19). The van der Waals surface area contributed by atoms with Gasteiger partial charge in [-0.05, 0) is 30.7 Å². The van der Waals surface area contributed by atoms with Crippen molar-refractivity contribution >= 4 is 17.7 Å². The second kappa shape index (κ2) is 6.55. The highest BCUT2D eigenvalue weighted by Crippen LogP contribution is 2.22. The summed E-state index contributed by atoms with van der Waals surface area (Å²) in [6.07, 6.45) is 2.58. The number of carboxylic acid groups (broad SMARTS) is 1. The van der Waals surface area contributed by atoms with Gasteiger partial charge < -0.3 is 10.0 Å². The van der Waals surface area contributed by atoms with E-state index in [4.69, 9.17) is 10.4 Å². The monoisotopic (exact) mass is 262 g/mol. The van der Waals surface area contributed by atoms with Crippen molar-refractivity contribution in [1.82, 2.24) is 0 Å². The highest BCUT2D eigenvalue weighted by Gasteiger charge is 2.13. The second-order valence-electron chi connectivity index (χ2n) is 4.20. The van der Waals surface area contributed by atoms with E-state index in [2.05, 4.69) is 0 Å². The van der Waals surface area contributed by atoms with Crippen LogP contribution in [0.2, 0.25) is 0 Å². The maximum absolute atomic E-state index is 13.9. The Morgan fingerprint density at radius 1 is 1.63 bits per heavy atom. The number of rotatable bonds is 5. The van der Waals surface area contributed by atoms with E-state index in [-0.39, 0.29) is 6.04 Å². The van der Waals surface area contributed by atoms with Gasteiger partial charge in [-0.1, -0.05) is 6.07 Å². The Morgan fingerprint density at radius 3 is 2.84 bits per heavy atom. The Bertz CT molecular complexity index is 535. The average molecular weight is 262 g/mol. The molecule has 0 spiro atoms. The molecule has 1 N–H and O–H groups in total. The maximum atomic E-state index is 13.9. The predicted molar refractivity (Wildman–Crippen MR) is 71.2 cm³/mol. The fourth-order valence-electron chi connectivity index (χ4n) is 1.59. The first kappa shape index (κ1) is 14.7. The van der Waals surface area contributed by atoms with Crippen LogP contribution >= 0.6 is 0 Å². The zero-order valence-electron chi connectivity index (χ0n) is 10.8. The van der Waals surface area contributed by atoms with Crippen molar-refractivity contribution in [2.75, 3.05) is 11.9 Å². The lowest BCUT2D eigenvalue weighted by Crippen LogP contribution is -2.29. The molecule has 0 bridgehead atoms. The highest BCUT2D eigenvalue weighted by atomic mass is 19.1. The summed E-state index contributed by atoms with van der Waals surface area (Å²) in [4.78, 5) is 12.1. The zero-order valence-corrected chi connectivity index (χ0v) is 10.8. The molecule has 1 unspecified atom stereocenters. The first-order chi connectivity index (χ1) is 8.95. The normalized spacial score (nSPS) is 12.1. The third-order valence-electron chi connectivity index (χ3n) is 2.82. The molecule has 1 aromatic carbocycles. The molecule has 0 fully saturated rings. The van der Waals surface area contributed by atoms with Gasteiger partial charge in [-0.15, -0.1) is 0 Å². The van der Waals surface area contributed by atoms with Crippen LogP contribution in [-0.4, -0.2) is 24.2 Å². The minimum absolute atomic E-state index is 0.0973. The lowest BCUT2D eigenvalue weighted by Gasteiger charge is -2.25. The summed E-state index contributed by atoms with van der Waals surface area (Å²) in [7, 11) is 1.72. The number of nitriles is 1. The van der Waals surface area contributed by atoms with Crippen LogP contribution in [0.25, 0.3) is 6.08 Å². The number of halogens is 1. The van der Waals surface area contributed by atoms with Crippen molar-refractivity contribution in [2.45, 2.75) is 19.4 Å². The van der Waals surface area contributed by atoms with Crippen LogP contribution in [0.1, 0.15) is 18.9 Å². The van der Waals surface area contributed by atoms with Crippen molar-refractivity contribution in [3.63, 3.8) is 0 Å². The van der Waals surface area contributed by atoms with Crippen molar-refractivity contribution in [1.29, 1.82) is 5.26 Å². The number of carbonyl (C=O) groups is 1. The Hall–Kier alpha value is -2.35. The molecule has 1 rings (SSSR count). The molecule has 5 heteroatoms. The number of anilines is 1. The maximum Gasteiger partial charge on any atom is 0.328 e. The average Bonchev–Trinajstić information content (AvgIpc) is 2.36. The van der Waals surface area contributed by atoms with Gasteiger partial charge in [-0.3, -0.25) is 0 Å². The molecule has 0 aliphatic heterocycles. The van der Waals surface area contributed by atoms with E-state index in [1.54, 1.807) is 24.1 Å². The Labute approximate surface area is 111 Å². The van der Waals surface area contributed by atoms with E-state index < -0.39 is 11.8 Å². The van der Waals surface area contributed by atoms with E-state index >= 15 is 0 Å². The molecule has 0 saturated heterocycles. The van der Waals surface area contributed by atoms with Gasteiger partial charge in [0.15, 0.2) is 0 Å². The molecule has 0 aliphatic rings. The molecular weight excluding hydrogens is 247 g/mol. The molecule has 1 aromatic rings. The second-order valence-corrected chi connectivity index (χ2v) is 4.20. The topological polar surface area (TPSA) is 64.3 Å². The van der Waals surface area contributed by atoms with Gasteiger partial charge in [0.2, 0.25) is 0 Å². The van der Waals surface area contributed by atoms with Crippen LogP contribution in [0.5, 0.6) is 0 Å². The van der Waals surface area contributed by atoms with E-state index in [0.717, 1.165) is 6.08 Å². The summed E-state index contributed by atoms with van der Waals surface area (Å²) in [5.41, 5.74) is 0.861. The number of aliphatic carboxylic acids is 1. The fraction of sp³-hybridized carbons (Fsp3) is 0.286. The number of benzene rings is 1. The molecule has 19 heavy (non-hydrogen) atoms. The summed E-state index contributed by atoms with van der Waals surface area (Å²) >= 11 is 0. The molecule has 1 atom stereocenters. The van der Waals surface area contributed by atoms with Crippen LogP contribution in [0, 0.1) is 17.1 Å². The smallest absolute Gasteiger partial charge is 0.328 e. The van der Waals surface area contributed by atoms with Gasteiger partial charge in [-0.25, -0.2) is 9.18 Å². The molecule has 0 saturated carbocycles. The third kappa shape index (κ3) is 4.11. The van der Waals surface area contributed by atoms with Crippen LogP contribution < -0.4 is 4.90 Å². The lowest BCUT2D eigenvalue weighted by atomic mass is 10.1. The summed E-state index contributed by atoms with van der Waals surface area (Å²) < 4.78 is 13.9. The van der Waals surface area contributed by atoms with Crippen molar-refractivity contribution in [3.8, 4) is 6.07 Å². The van der Waals surface area contributed by atoms with E-state index in [1.807, 2.05) is 13.0 Å². The van der Waals surface area contributed by atoms with Crippen LogP contribution in [-0.2, 0) is 4.79 Å². The first-order valence-electron chi connectivity index (χ1n) is 5.76. The summed E-state index contributed by atoms with van der Waals surface area (Å²) in [6, 6.07) is 6.42. The van der Waals surface area contributed by atoms with Gasteiger partial charge >= 0.3 is 5.97 Å². The summed E-state index contributed by atoms with van der Waals surface area (Å²) in [5, 5.41) is 17.1. The zero-order chi connectivity index (χ0) is 14.4. The van der Waals surface area contributed by atoms with Crippen LogP contribution in [0.4, 0.5) is 10.1 Å². The number of hydrogen-bond donors (Lipinski definition) is 1. The Morgan fingerprint density at radius 2 is 2.32 bits per heavy atom.